The molecule has 8 nitrogen and oxygen atoms in total. The lowest BCUT2D eigenvalue weighted by Crippen LogP contribution is -2.36. The third-order valence-electron chi connectivity index (χ3n) is 2.78. The number of nitro benzene ring substituents is 1. The molecule has 0 aliphatic heterocycles. The van der Waals surface area contributed by atoms with E-state index in [1.807, 2.05) is 0 Å². The van der Waals surface area contributed by atoms with E-state index in [0.29, 0.717) is 6.54 Å². The predicted octanol–water partition coefficient (Wildman–Crippen LogP) is 1.81. The third kappa shape index (κ3) is 3.81. The zero-order chi connectivity index (χ0) is 16.3. The number of hydrogen-bond donors (Lipinski definition) is 1. The van der Waals surface area contributed by atoms with E-state index < -0.39 is 31.6 Å². The first kappa shape index (κ1) is 16.4. The van der Waals surface area contributed by atoms with E-state index in [4.69, 9.17) is 11.6 Å². The van der Waals surface area contributed by atoms with Crippen molar-refractivity contribution in [1.29, 1.82) is 0 Å². The molecule has 1 aromatic heterocycles. The van der Waals surface area contributed by atoms with Crippen LogP contribution in [0.15, 0.2) is 41.6 Å². The van der Waals surface area contributed by atoms with Gasteiger partial charge in [-0.1, -0.05) is 11.6 Å². The van der Waals surface area contributed by atoms with Crippen LogP contribution in [0, 0.1) is 10.1 Å². The summed E-state index contributed by atoms with van der Waals surface area (Å²) >= 11 is 5.68. The Morgan fingerprint density at radius 1 is 1.50 bits per heavy atom. The molecule has 0 radical (unpaired) electrons. The van der Waals surface area contributed by atoms with Gasteiger partial charge in [-0.25, -0.2) is 13.1 Å². The van der Waals surface area contributed by atoms with Gasteiger partial charge in [0.1, 0.15) is 0 Å². The number of aromatic nitrogens is 2. The van der Waals surface area contributed by atoms with Crippen molar-refractivity contribution in [2.75, 3.05) is 0 Å². The van der Waals surface area contributed by atoms with E-state index in [2.05, 4.69) is 9.82 Å². The van der Waals surface area contributed by atoms with Crippen molar-refractivity contribution in [3.05, 3.63) is 51.8 Å². The number of nitro groups is 1. The Bertz CT molecular complexity index is 776. The van der Waals surface area contributed by atoms with Gasteiger partial charge in [0.05, 0.1) is 11.5 Å². The average Bonchev–Trinajstić information content (AvgIpc) is 2.90. The molecule has 1 aromatic carbocycles. The molecule has 0 saturated carbocycles. The molecule has 1 heterocycles. The Kier molecular flexibility index (Phi) is 4.79. The molecule has 118 valence electrons. The molecule has 2 aromatic rings. The van der Waals surface area contributed by atoms with Crippen LogP contribution in [0.4, 0.5) is 5.69 Å². The number of sulfonamides is 1. The first-order chi connectivity index (χ1) is 10.3. The number of benzene rings is 1. The molecule has 0 aliphatic rings. The molecule has 0 amide bonds. The summed E-state index contributed by atoms with van der Waals surface area (Å²) in [5, 5.41) is 15.1. The van der Waals surface area contributed by atoms with Crippen LogP contribution in [-0.2, 0) is 16.6 Å². The molecule has 0 unspecified atom stereocenters. The molecule has 2 rings (SSSR count). The molecular weight excluding hydrogens is 332 g/mol. The van der Waals surface area contributed by atoms with Crippen molar-refractivity contribution >= 4 is 27.3 Å². The number of nitrogens with zero attached hydrogens (tertiary/aromatic N) is 3. The van der Waals surface area contributed by atoms with Gasteiger partial charge < -0.3 is 0 Å². The normalized spacial score (nSPS) is 13.0. The number of halogens is 1. The smallest absolute Gasteiger partial charge is 0.271 e. The highest BCUT2D eigenvalue weighted by atomic mass is 35.5. The highest BCUT2D eigenvalue weighted by molar-refractivity contribution is 7.89. The minimum Gasteiger partial charge on any atom is -0.271 e. The van der Waals surface area contributed by atoms with Gasteiger partial charge >= 0.3 is 0 Å². The molecule has 0 spiro atoms. The fraction of sp³-hybridized carbons (Fsp3) is 0.250. The molecule has 0 aliphatic carbocycles. The zero-order valence-electron chi connectivity index (χ0n) is 11.5. The Morgan fingerprint density at radius 2 is 2.23 bits per heavy atom. The highest BCUT2D eigenvalue weighted by Gasteiger charge is 2.27. The van der Waals surface area contributed by atoms with Crippen molar-refractivity contribution < 1.29 is 13.3 Å². The first-order valence-corrected chi connectivity index (χ1v) is 8.09. The lowest BCUT2D eigenvalue weighted by atomic mass is 10.3. The topological polar surface area (TPSA) is 107 Å². The average molecular weight is 345 g/mol. The second kappa shape index (κ2) is 6.42. The molecule has 0 bridgehead atoms. The Hall–Kier alpha value is -1.97. The van der Waals surface area contributed by atoms with Crippen molar-refractivity contribution in [3.63, 3.8) is 0 Å². The number of hydrogen-bond acceptors (Lipinski definition) is 5. The maximum Gasteiger partial charge on any atom is 0.290 e. The van der Waals surface area contributed by atoms with E-state index in [0.717, 1.165) is 12.1 Å². The summed E-state index contributed by atoms with van der Waals surface area (Å²) in [7, 11) is -4.05. The predicted molar refractivity (Wildman–Crippen MR) is 80.1 cm³/mol. The second-order valence-electron chi connectivity index (χ2n) is 4.62. The summed E-state index contributed by atoms with van der Waals surface area (Å²) < 4.78 is 28.6. The zero-order valence-corrected chi connectivity index (χ0v) is 13.1. The van der Waals surface area contributed by atoms with Crippen LogP contribution in [0.1, 0.15) is 6.92 Å². The maximum absolute atomic E-state index is 12.3. The van der Waals surface area contributed by atoms with E-state index in [-0.39, 0.29) is 5.02 Å². The van der Waals surface area contributed by atoms with Crippen LogP contribution in [0.5, 0.6) is 0 Å². The summed E-state index contributed by atoms with van der Waals surface area (Å²) in [4.78, 5) is 9.80. The quantitative estimate of drug-likeness (QED) is 0.635. The maximum atomic E-state index is 12.3. The van der Waals surface area contributed by atoms with Crippen LogP contribution in [0.25, 0.3) is 0 Å². The number of rotatable bonds is 6. The fourth-order valence-electron chi connectivity index (χ4n) is 1.92. The second-order valence-corrected chi connectivity index (χ2v) is 6.74. The van der Waals surface area contributed by atoms with Gasteiger partial charge in [-0.2, -0.15) is 5.10 Å². The minimum absolute atomic E-state index is 0.0928. The lowest BCUT2D eigenvalue weighted by Gasteiger charge is -2.14. The van der Waals surface area contributed by atoms with E-state index >= 15 is 0 Å². The van der Waals surface area contributed by atoms with Gasteiger partial charge in [0.25, 0.3) is 5.69 Å². The van der Waals surface area contributed by atoms with Gasteiger partial charge in [-0.15, -0.1) is 0 Å². The van der Waals surface area contributed by atoms with Crippen molar-refractivity contribution in [2.24, 2.45) is 0 Å². The highest BCUT2D eigenvalue weighted by Crippen LogP contribution is 2.27. The Labute approximate surface area is 131 Å². The van der Waals surface area contributed by atoms with Crippen LogP contribution in [0.3, 0.4) is 0 Å². The van der Waals surface area contributed by atoms with E-state index in [1.54, 1.807) is 30.1 Å². The van der Waals surface area contributed by atoms with Crippen LogP contribution in [-0.4, -0.2) is 29.2 Å². The standard InChI is InChI=1S/C12H13ClN4O4S/c1-9(8-16-6-2-5-14-16)15-22(20,21)12-4-3-10(13)7-11(12)17(18)19/h2-7,9,15H,8H2,1H3/t9-/m1/s1. The summed E-state index contributed by atoms with van der Waals surface area (Å²) in [6, 6.07) is 4.63. The van der Waals surface area contributed by atoms with E-state index in [9.17, 15) is 18.5 Å². The van der Waals surface area contributed by atoms with Gasteiger partial charge in [0.15, 0.2) is 4.90 Å². The third-order valence-corrected chi connectivity index (χ3v) is 4.66. The lowest BCUT2D eigenvalue weighted by molar-refractivity contribution is -0.387. The van der Waals surface area contributed by atoms with Gasteiger partial charge in [0.2, 0.25) is 10.0 Å². The molecule has 1 atom stereocenters. The van der Waals surface area contributed by atoms with Crippen molar-refractivity contribution in [1.82, 2.24) is 14.5 Å². The largest absolute Gasteiger partial charge is 0.290 e. The summed E-state index contributed by atoms with van der Waals surface area (Å²) in [5.74, 6) is 0. The summed E-state index contributed by atoms with van der Waals surface area (Å²) in [6.45, 7) is 1.94. The van der Waals surface area contributed by atoms with Crippen LogP contribution < -0.4 is 4.72 Å². The Morgan fingerprint density at radius 3 is 2.82 bits per heavy atom. The van der Waals surface area contributed by atoms with Gasteiger partial charge in [0, 0.05) is 29.5 Å². The first-order valence-electron chi connectivity index (χ1n) is 6.23. The number of nitrogens with one attached hydrogen (secondary N) is 1. The monoisotopic (exact) mass is 344 g/mol. The summed E-state index contributed by atoms with van der Waals surface area (Å²) in [6.07, 6.45) is 3.26. The van der Waals surface area contributed by atoms with Gasteiger partial charge in [-0.05, 0) is 25.1 Å². The molecule has 0 saturated heterocycles. The summed E-state index contributed by atoms with van der Waals surface area (Å²) in [5.41, 5.74) is -0.564. The van der Waals surface area contributed by atoms with Crippen LogP contribution >= 0.6 is 11.6 Å². The fourth-order valence-corrected chi connectivity index (χ4v) is 3.47. The van der Waals surface area contributed by atoms with Gasteiger partial charge in [-0.3, -0.25) is 14.8 Å². The Balaban J connectivity index is 2.25. The van der Waals surface area contributed by atoms with Crippen molar-refractivity contribution in [3.8, 4) is 0 Å². The molecule has 0 fully saturated rings. The molecule has 1 N–H and O–H groups in total. The van der Waals surface area contributed by atoms with E-state index in [1.165, 1.54) is 6.07 Å². The van der Waals surface area contributed by atoms with Crippen LogP contribution in [0.2, 0.25) is 5.02 Å². The molecule has 10 heteroatoms. The minimum atomic E-state index is -4.05. The molecule has 22 heavy (non-hydrogen) atoms. The van der Waals surface area contributed by atoms with Crippen molar-refractivity contribution in [2.45, 2.75) is 24.4 Å². The molecular formula is C12H13ClN4O4S. The SMILES string of the molecule is C[C@H](Cn1cccn1)NS(=O)(=O)c1ccc(Cl)cc1[N+](=O)[O-].